The lowest BCUT2D eigenvalue weighted by Gasteiger charge is -2.21. The summed E-state index contributed by atoms with van der Waals surface area (Å²) in [5.41, 5.74) is 0.231. The van der Waals surface area contributed by atoms with Crippen molar-refractivity contribution < 1.29 is 19.1 Å². The highest BCUT2D eigenvalue weighted by atomic mass is 16.6. The molecular weight excluding hydrogens is 232 g/mol. The molecule has 4 heteroatoms. The van der Waals surface area contributed by atoms with Gasteiger partial charge in [0, 0.05) is 0 Å². The quantitative estimate of drug-likeness (QED) is 0.595. The molecule has 0 unspecified atom stereocenters. The first-order valence-corrected chi connectivity index (χ1v) is 5.78. The Morgan fingerprint density at radius 2 is 1.89 bits per heavy atom. The molecule has 0 amide bonds. The zero-order valence-electron chi connectivity index (χ0n) is 10.9. The van der Waals surface area contributed by atoms with Crippen molar-refractivity contribution in [3.63, 3.8) is 0 Å². The van der Waals surface area contributed by atoms with Gasteiger partial charge in [-0.2, -0.15) is 0 Å². The molecule has 0 aliphatic rings. The van der Waals surface area contributed by atoms with E-state index in [0.717, 1.165) is 5.56 Å². The number of carbonyl (C=O) groups excluding carboxylic acids is 2. The summed E-state index contributed by atoms with van der Waals surface area (Å²) in [5, 5.41) is 0. The normalized spacial score (nSPS) is 12.6. The first kappa shape index (κ1) is 14.2. The van der Waals surface area contributed by atoms with E-state index in [4.69, 9.17) is 9.47 Å². The molecule has 4 nitrogen and oxygen atoms in total. The summed E-state index contributed by atoms with van der Waals surface area (Å²) in [4.78, 5) is 22.2. The van der Waals surface area contributed by atoms with Crippen LogP contribution in [0.1, 0.15) is 38.9 Å². The maximum Gasteiger partial charge on any atom is 0.310 e. The van der Waals surface area contributed by atoms with Crippen LogP contribution in [-0.4, -0.2) is 18.0 Å². The van der Waals surface area contributed by atoms with E-state index in [-0.39, 0.29) is 6.42 Å². The van der Waals surface area contributed by atoms with E-state index in [1.165, 1.54) is 0 Å². The van der Waals surface area contributed by atoms with Crippen molar-refractivity contribution in [3.8, 4) is 0 Å². The molecule has 1 rings (SSSR count). The van der Waals surface area contributed by atoms with Gasteiger partial charge in [-0.15, -0.1) is 0 Å². The van der Waals surface area contributed by atoms with Gasteiger partial charge in [-0.1, -0.05) is 30.3 Å². The predicted octanol–water partition coefficient (Wildman–Crippen LogP) is 2.63. The third-order valence-corrected chi connectivity index (χ3v) is 2.16. The van der Waals surface area contributed by atoms with Crippen LogP contribution in [0.5, 0.6) is 0 Å². The second kappa shape index (κ2) is 6.19. The van der Waals surface area contributed by atoms with Crippen LogP contribution in [-0.2, 0) is 19.1 Å². The zero-order valence-corrected chi connectivity index (χ0v) is 10.9. The number of carbonyl (C=O) groups is 2. The van der Waals surface area contributed by atoms with E-state index >= 15 is 0 Å². The molecule has 0 bridgehead atoms. The maximum atomic E-state index is 11.7. The fourth-order valence-corrected chi connectivity index (χ4v) is 1.51. The minimum absolute atomic E-state index is 0.0139. The number of benzene rings is 1. The monoisotopic (exact) mass is 250 g/mol. The van der Waals surface area contributed by atoms with Gasteiger partial charge in [0.2, 0.25) is 0 Å². The van der Waals surface area contributed by atoms with Gasteiger partial charge in [-0.3, -0.25) is 9.59 Å². The molecule has 0 radical (unpaired) electrons. The molecule has 0 saturated carbocycles. The highest BCUT2D eigenvalue weighted by molar-refractivity contribution is 5.71. The molecule has 1 atom stereocenters. The van der Waals surface area contributed by atoms with Gasteiger partial charge in [-0.05, 0) is 26.3 Å². The molecule has 0 spiro atoms. The van der Waals surface area contributed by atoms with Crippen molar-refractivity contribution in [2.24, 2.45) is 0 Å². The summed E-state index contributed by atoms with van der Waals surface area (Å²) in [6.07, 6.45) is -0.585. The molecule has 1 aromatic carbocycles. The van der Waals surface area contributed by atoms with Crippen molar-refractivity contribution in [1.29, 1.82) is 0 Å². The molecular formula is C14H18O4. The van der Waals surface area contributed by atoms with E-state index in [1.54, 1.807) is 32.9 Å². The Labute approximate surface area is 107 Å². The van der Waals surface area contributed by atoms with E-state index < -0.39 is 17.7 Å². The molecule has 0 aliphatic carbocycles. The number of hydrogen-bond acceptors (Lipinski definition) is 4. The summed E-state index contributed by atoms with van der Waals surface area (Å²) in [6, 6.07) is 9.11. The lowest BCUT2D eigenvalue weighted by atomic mass is 10.1. The summed E-state index contributed by atoms with van der Waals surface area (Å²) >= 11 is 0. The Morgan fingerprint density at radius 3 is 2.39 bits per heavy atom. The van der Waals surface area contributed by atoms with Crippen LogP contribution in [0.4, 0.5) is 0 Å². The van der Waals surface area contributed by atoms with Crippen molar-refractivity contribution >= 4 is 12.4 Å². The van der Waals surface area contributed by atoms with Crippen LogP contribution in [0.25, 0.3) is 0 Å². The Balaban J connectivity index is 2.70. The molecule has 0 heterocycles. The first-order chi connectivity index (χ1) is 8.42. The van der Waals surface area contributed by atoms with Crippen LogP contribution in [0.15, 0.2) is 30.3 Å². The van der Waals surface area contributed by atoms with Gasteiger partial charge < -0.3 is 9.47 Å². The maximum absolute atomic E-state index is 11.7. The molecule has 0 saturated heterocycles. The molecule has 0 aliphatic heterocycles. The number of hydrogen-bond donors (Lipinski definition) is 0. The standard InChI is InChI=1S/C14H18O4/c1-14(2,3)18-13(16)9-12(17-10-15)11-7-5-4-6-8-11/h4-8,10,12H,9H2,1-3H3/t12-/m1/s1. The van der Waals surface area contributed by atoms with Gasteiger partial charge >= 0.3 is 5.97 Å². The Bertz CT molecular complexity index is 392. The summed E-state index contributed by atoms with van der Waals surface area (Å²) < 4.78 is 10.1. The zero-order chi connectivity index (χ0) is 13.6. The minimum atomic E-state index is -0.599. The number of esters is 1. The first-order valence-electron chi connectivity index (χ1n) is 5.78. The average Bonchev–Trinajstić information content (AvgIpc) is 2.27. The van der Waals surface area contributed by atoms with Crippen molar-refractivity contribution in [2.45, 2.75) is 38.9 Å². The average molecular weight is 250 g/mol. The number of ether oxygens (including phenoxy) is 2. The fourth-order valence-electron chi connectivity index (χ4n) is 1.51. The van der Waals surface area contributed by atoms with E-state index in [2.05, 4.69) is 0 Å². The van der Waals surface area contributed by atoms with E-state index in [1.807, 2.05) is 18.2 Å². The second-order valence-electron chi connectivity index (χ2n) is 4.92. The van der Waals surface area contributed by atoms with Crippen LogP contribution in [0.2, 0.25) is 0 Å². The fraction of sp³-hybridized carbons (Fsp3) is 0.429. The lowest BCUT2D eigenvalue weighted by Crippen LogP contribution is -2.25. The highest BCUT2D eigenvalue weighted by Crippen LogP contribution is 2.22. The van der Waals surface area contributed by atoms with Crippen LogP contribution in [0, 0.1) is 0 Å². The summed E-state index contributed by atoms with van der Waals surface area (Å²) in [7, 11) is 0. The van der Waals surface area contributed by atoms with Crippen molar-refractivity contribution in [3.05, 3.63) is 35.9 Å². The Kier molecular flexibility index (Phi) is 4.89. The minimum Gasteiger partial charge on any atom is -0.460 e. The third kappa shape index (κ3) is 4.99. The molecule has 0 aromatic heterocycles. The van der Waals surface area contributed by atoms with Crippen molar-refractivity contribution in [1.82, 2.24) is 0 Å². The smallest absolute Gasteiger partial charge is 0.310 e. The topological polar surface area (TPSA) is 52.6 Å². The van der Waals surface area contributed by atoms with Gasteiger partial charge in [0.15, 0.2) is 0 Å². The molecule has 98 valence electrons. The van der Waals surface area contributed by atoms with E-state index in [9.17, 15) is 9.59 Å². The molecule has 18 heavy (non-hydrogen) atoms. The second-order valence-corrected chi connectivity index (χ2v) is 4.92. The largest absolute Gasteiger partial charge is 0.460 e. The summed E-state index contributed by atoms with van der Waals surface area (Å²) in [5.74, 6) is -0.391. The van der Waals surface area contributed by atoms with Crippen molar-refractivity contribution in [2.75, 3.05) is 0 Å². The molecule has 0 N–H and O–H groups in total. The van der Waals surface area contributed by atoms with Gasteiger partial charge in [0.1, 0.15) is 11.7 Å². The number of rotatable bonds is 5. The van der Waals surface area contributed by atoms with Crippen LogP contribution in [0.3, 0.4) is 0 Å². The third-order valence-electron chi connectivity index (χ3n) is 2.16. The SMILES string of the molecule is CC(C)(C)OC(=O)C[C@@H](OC=O)c1ccccc1. The van der Waals surface area contributed by atoms with Crippen LogP contribution < -0.4 is 0 Å². The highest BCUT2D eigenvalue weighted by Gasteiger charge is 2.22. The van der Waals surface area contributed by atoms with Gasteiger partial charge in [0.05, 0.1) is 6.42 Å². The van der Waals surface area contributed by atoms with Crippen LogP contribution >= 0.6 is 0 Å². The molecule has 0 fully saturated rings. The Morgan fingerprint density at radius 1 is 1.28 bits per heavy atom. The summed E-state index contributed by atoms with van der Waals surface area (Å²) in [6.45, 7) is 5.73. The van der Waals surface area contributed by atoms with E-state index in [0.29, 0.717) is 6.47 Å². The Hall–Kier alpha value is -1.84. The van der Waals surface area contributed by atoms with Gasteiger partial charge in [-0.25, -0.2) is 0 Å². The van der Waals surface area contributed by atoms with Gasteiger partial charge in [0.25, 0.3) is 6.47 Å². The lowest BCUT2D eigenvalue weighted by molar-refractivity contribution is -0.158. The molecule has 1 aromatic rings. The predicted molar refractivity (Wildman–Crippen MR) is 66.8 cm³/mol.